The molecule has 14 heavy (non-hydrogen) atoms. The average molecular weight is 187 g/mol. The van der Waals surface area contributed by atoms with Gasteiger partial charge in [-0.3, -0.25) is 0 Å². The van der Waals surface area contributed by atoms with Gasteiger partial charge in [0, 0.05) is 24.6 Å². The van der Waals surface area contributed by atoms with Crippen molar-refractivity contribution in [3.63, 3.8) is 0 Å². The molecule has 1 heterocycles. The second kappa shape index (κ2) is 3.96. The zero-order valence-electron chi connectivity index (χ0n) is 8.14. The molecule has 0 aliphatic heterocycles. The highest BCUT2D eigenvalue weighted by atomic mass is 15.3. The van der Waals surface area contributed by atoms with Crippen LogP contribution in [0.5, 0.6) is 0 Å². The molecule has 0 unspecified atom stereocenters. The van der Waals surface area contributed by atoms with Crippen molar-refractivity contribution in [1.82, 2.24) is 9.78 Å². The molecule has 1 aromatic carbocycles. The number of nitrogens with one attached hydrogen (secondary N) is 1. The molecule has 0 aliphatic rings. The van der Waals surface area contributed by atoms with E-state index in [9.17, 15) is 0 Å². The summed E-state index contributed by atoms with van der Waals surface area (Å²) < 4.78 is 1.84. The Hall–Kier alpha value is -1.77. The van der Waals surface area contributed by atoms with E-state index in [1.54, 1.807) is 6.20 Å². The second-order valence-corrected chi connectivity index (χ2v) is 3.03. The molecule has 3 heteroatoms. The molecule has 0 atom stereocenters. The van der Waals surface area contributed by atoms with Crippen molar-refractivity contribution in [2.75, 3.05) is 11.9 Å². The summed E-state index contributed by atoms with van der Waals surface area (Å²) in [5, 5.41) is 7.41. The Balaban J connectivity index is 2.22. The van der Waals surface area contributed by atoms with Gasteiger partial charge in [0.15, 0.2) is 0 Å². The maximum Gasteiger partial charge on any atom is 0.0647 e. The van der Waals surface area contributed by atoms with Crippen molar-refractivity contribution in [2.24, 2.45) is 0 Å². The van der Waals surface area contributed by atoms with E-state index >= 15 is 0 Å². The Morgan fingerprint density at radius 3 is 2.64 bits per heavy atom. The minimum atomic E-state index is 0.946. The fraction of sp³-hybridized carbons (Fsp3) is 0.182. The van der Waals surface area contributed by atoms with Crippen molar-refractivity contribution in [1.29, 1.82) is 0 Å². The third kappa shape index (κ3) is 1.76. The molecule has 0 saturated heterocycles. The summed E-state index contributed by atoms with van der Waals surface area (Å²) in [4.78, 5) is 0. The van der Waals surface area contributed by atoms with Crippen LogP contribution in [0.1, 0.15) is 6.92 Å². The molecule has 0 fully saturated rings. The van der Waals surface area contributed by atoms with Gasteiger partial charge in [-0.2, -0.15) is 5.10 Å². The number of aromatic nitrogens is 2. The van der Waals surface area contributed by atoms with E-state index in [-0.39, 0.29) is 0 Å². The summed E-state index contributed by atoms with van der Waals surface area (Å²) in [5.74, 6) is 0. The first-order valence-corrected chi connectivity index (χ1v) is 4.74. The summed E-state index contributed by atoms with van der Waals surface area (Å²) in [5.41, 5.74) is 2.22. The van der Waals surface area contributed by atoms with Gasteiger partial charge in [0.25, 0.3) is 0 Å². The highest BCUT2D eigenvalue weighted by molar-refractivity contribution is 5.48. The topological polar surface area (TPSA) is 29.9 Å². The molecule has 0 amide bonds. The summed E-state index contributed by atoms with van der Waals surface area (Å²) in [7, 11) is 0. The summed E-state index contributed by atoms with van der Waals surface area (Å²) in [6.45, 7) is 3.03. The molecule has 0 spiro atoms. The zero-order valence-corrected chi connectivity index (χ0v) is 8.14. The maximum absolute atomic E-state index is 4.16. The highest BCUT2D eigenvalue weighted by Crippen LogP contribution is 2.11. The molecule has 3 nitrogen and oxygen atoms in total. The fourth-order valence-electron chi connectivity index (χ4n) is 1.36. The van der Waals surface area contributed by atoms with Crippen LogP contribution in [-0.2, 0) is 0 Å². The minimum absolute atomic E-state index is 0.946. The Labute approximate surface area is 83.4 Å². The van der Waals surface area contributed by atoms with Gasteiger partial charge in [-0.15, -0.1) is 0 Å². The van der Waals surface area contributed by atoms with Gasteiger partial charge in [-0.1, -0.05) is 0 Å². The van der Waals surface area contributed by atoms with Gasteiger partial charge in [0.1, 0.15) is 0 Å². The molecular formula is C11H13N3. The first kappa shape index (κ1) is 8.81. The second-order valence-electron chi connectivity index (χ2n) is 3.03. The molecule has 2 rings (SSSR count). The van der Waals surface area contributed by atoms with Gasteiger partial charge in [-0.25, -0.2) is 4.68 Å². The molecular weight excluding hydrogens is 174 g/mol. The monoisotopic (exact) mass is 187 g/mol. The van der Waals surface area contributed by atoms with Crippen molar-refractivity contribution in [2.45, 2.75) is 6.92 Å². The number of benzene rings is 1. The van der Waals surface area contributed by atoms with E-state index in [4.69, 9.17) is 0 Å². The van der Waals surface area contributed by atoms with Crippen molar-refractivity contribution in [3.8, 4) is 5.69 Å². The Morgan fingerprint density at radius 2 is 2.07 bits per heavy atom. The van der Waals surface area contributed by atoms with Crippen LogP contribution in [0.4, 0.5) is 5.69 Å². The highest BCUT2D eigenvalue weighted by Gasteiger charge is 1.95. The molecule has 0 saturated carbocycles. The Kier molecular flexibility index (Phi) is 2.49. The summed E-state index contributed by atoms with van der Waals surface area (Å²) in [6, 6.07) is 10.1. The molecule has 1 aromatic heterocycles. The Morgan fingerprint density at radius 1 is 1.29 bits per heavy atom. The fourth-order valence-corrected chi connectivity index (χ4v) is 1.36. The predicted octanol–water partition coefficient (Wildman–Crippen LogP) is 2.30. The van der Waals surface area contributed by atoms with Crippen LogP contribution in [0.25, 0.3) is 5.69 Å². The molecule has 0 aliphatic carbocycles. The molecule has 2 aromatic rings. The van der Waals surface area contributed by atoms with Crippen LogP contribution < -0.4 is 5.32 Å². The van der Waals surface area contributed by atoms with E-state index in [1.807, 2.05) is 29.1 Å². The molecule has 0 bridgehead atoms. The van der Waals surface area contributed by atoms with Gasteiger partial charge in [0.05, 0.1) is 5.69 Å². The van der Waals surface area contributed by atoms with E-state index in [0.29, 0.717) is 0 Å². The van der Waals surface area contributed by atoms with Crippen LogP contribution in [0, 0.1) is 0 Å². The van der Waals surface area contributed by atoms with Crippen molar-refractivity contribution in [3.05, 3.63) is 42.7 Å². The number of nitrogens with zero attached hydrogens (tertiary/aromatic N) is 2. The number of anilines is 1. The normalized spacial score (nSPS) is 10.1. The SMILES string of the molecule is CCNc1ccc(-n2cccn2)cc1. The number of hydrogen-bond donors (Lipinski definition) is 1. The zero-order chi connectivity index (χ0) is 9.80. The lowest BCUT2D eigenvalue weighted by Gasteiger charge is -2.04. The third-order valence-corrected chi connectivity index (χ3v) is 2.02. The maximum atomic E-state index is 4.16. The first-order valence-electron chi connectivity index (χ1n) is 4.74. The lowest BCUT2D eigenvalue weighted by molar-refractivity contribution is 0.880. The van der Waals surface area contributed by atoms with Crippen LogP contribution in [0.3, 0.4) is 0 Å². The van der Waals surface area contributed by atoms with Crippen LogP contribution in [-0.4, -0.2) is 16.3 Å². The van der Waals surface area contributed by atoms with E-state index < -0.39 is 0 Å². The Bertz CT molecular complexity index is 375. The standard InChI is InChI=1S/C11H13N3/c1-2-12-10-4-6-11(7-5-10)14-9-3-8-13-14/h3-9,12H,2H2,1H3. The quantitative estimate of drug-likeness (QED) is 0.799. The summed E-state index contributed by atoms with van der Waals surface area (Å²) >= 11 is 0. The van der Waals surface area contributed by atoms with Crippen molar-refractivity contribution >= 4 is 5.69 Å². The number of hydrogen-bond acceptors (Lipinski definition) is 2. The predicted molar refractivity (Wildman–Crippen MR) is 57.7 cm³/mol. The minimum Gasteiger partial charge on any atom is -0.385 e. The smallest absolute Gasteiger partial charge is 0.0647 e. The lowest BCUT2D eigenvalue weighted by atomic mass is 10.3. The summed E-state index contributed by atoms with van der Waals surface area (Å²) in [6.07, 6.45) is 3.71. The largest absolute Gasteiger partial charge is 0.385 e. The molecule has 1 N–H and O–H groups in total. The number of rotatable bonds is 3. The molecule has 72 valence electrons. The van der Waals surface area contributed by atoms with Gasteiger partial charge in [0.2, 0.25) is 0 Å². The molecule has 0 radical (unpaired) electrons. The van der Waals surface area contributed by atoms with Crippen LogP contribution >= 0.6 is 0 Å². The lowest BCUT2D eigenvalue weighted by Crippen LogP contribution is -1.97. The first-order chi connectivity index (χ1) is 6.90. The average Bonchev–Trinajstić information content (AvgIpc) is 2.72. The van der Waals surface area contributed by atoms with E-state index in [2.05, 4.69) is 29.5 Å². The van der Waals surface area contributed by atoms with Crippen LogP contribution in [0.2, 0.25) is 0 Å². The van der Waals surface area contributed by atoms with E-state index in [0.717, 1.165) is 17.9 Å². The third-order valence-electron chi connectivity index (χ3n) is 2.02. The van der Waals surface area contributed by atoms with Gasteiger partial charge < -0.3 is 5.32 Å². The van der Waals surface area contributed by atoms with Gasteiger partial charge >= 0.3 is 0 Å². The van der Waals surface area contributed by atoms with Gasteiger partial charge in [-0.05, 0) is 37.3 Å². The van der Waals surface area contributed by atoms with Crippen LogP contribution in [0.15, 0.2) is 42.7 Å². The van der Waals surface area contributed by atoms with E-state index in [1.165, 1.54) is 0 Å². The van der Waals surface area contributed by atoms with Crippen molar-refractivity contribution < 1.29 is 0 Å².